The van der Waals surface area contributed by atoms with E-state index in [1.807, 2.05) is 78.9 Å². The Hall–Kier alpha value is -5.61. The van der Waals surface area contributed by atoms with Crippen LogP contribution in [0.2, 0.25) is 36.2 Å². The molecule has 4 heterocycles. The summed E-state index contributed by atoms with van der Waals surface area (Å²) in [6.45, 7) is 9.54. The SMILES string of the molecule is C[Si](C)(C)C.N[C@H]1CCC[C@@H](Nc2ncc(Cl)c(C3C(=O)Nc4ccccc43)n2)C1.O=C(N[C@H]1CCC[C@@H](Nc2ncc(Cl)c(C3C(=O)Nc4ccccc43)n2)C1)OCc1ccccc1. The van der Waals surface area contributed by atoms with Crippen LogP contribution in [0.4, 0.5) is 28.1 Å². The van der Waals surface area contributed by atoms with Crippen molar-refractivity contribution in [2.45, 2.75) is 120 Å². The molecule has 9 rings (SSSR count). The predicted octanol–water partition coefficient (Wildman–Crippen LogP) is 9.71. The molecule has 2 aromatic heterocycles. The first-order chi connectivity index (χ1) is 31.2. The smallest absolute Gasteiger partial charge is 0.407 e. The average Bonchev–Trinajstić information content (AvgIpc) is 3.79. The Bertz CT molecular complexity index is 2450. The molecule has 17 heteroatoms. The van der Waals surface area contributed by atoms with Crippen molar-refractivity contribution in [3.05, 3.63) is 129 Å². The van der Waals surface area contributed by atoms with Gasteiger partial charge in [-0.05, 0) is 80.2 Å². The normalized spacial score (nSPS) is 22.0. The van der Waals surface area contributed by atoms with Gasteiger partial charge in [-0.25, -0.2) is 24.7 Å². The van der Waals surface area contributed by atoms with Gasteiger partial charge in [0.15, 0.2) is 0 Å². The Morgan fingerprint density at radius 2 is 1.15 bits per heavy atom. The first kappa shape index (κ1) is 47.4. The number of alkyl carbamates (subject to hydrolysis) is 1. The number of fused-ring (bicyclic) bond motifs is 2. The van der Waals surface area contributed by atoms with Crippen LogP contribution in [-0.4, -0.2) is 70.1 Å². The lowest BCUT2D eigenvalue weighted by Crippen LogP contribution is -2.42. The van der Waals surface area contributed by atoms with E-state index in [0.29, 0.717) is 39.8 Å². The van der Waals surface area contributed by atoms with Crippen molar-refractivity contribution < 1.29 is 19.1 Å². The van der Waals surface area contributed by atoms with E-state index in [-0.39, 0.29) is 42.6 Å². The topological polar surface area (TPSA) is 198 Å². The number of hydrogen-bond donors (Lipinski definition) is 6. The number of para-hydroxylation sites is 2. The lowest BCUT2D eigenvalue weighted by atomic mass is 9.91. The number of benzene rings is 3. The van der Waals surface area contributed by atoms with Gasteiger partial charge in [0, 0.05) is 43.6 Å². The van der Waals surface area contributed by atoms with Crippen molar-refractivity contribution in [2.24, 2.45) is 5.73 Å². The van der Waals surface area contributed by atoms with E-state index in [1.165, 1.54) is 6.20 Å². The van der Waals surface area contributed by atoms with Crippen LogP contribution in [0.3, 0.4) is 0 Å². The number of anilines is 4. The van der Waals surface area contributed by atoms with Crippen molar-refractivity contribution in [1.82, 2.24) is 25.3 Å². The second-order valence-corrected chi connectivity index (χ2v) is 25.4. The largest absolute Gasteiger partial charge is 0.445 e. The third-order valence-corrected chi connectivity index (χ3v) is 11.8. The van der Waals surface area contributed by atoms with Crippen molar-refractivity contribution in [3.63, 3.8) is 0 Å². The van der Waals surface area contributed by atoms with Crippen LogP contribution in [-0.2, 0) is 20.9 Å². The molecule has 2 unspecified atom stereocenters. The molecule has 2 aliphatic carbocycles. The van der Waals surface area contributed by atoms with Crippen LogP contribution in [0.1, 0.15) is 91.3 Å². The third kappa shape index (κ3) is 13.0. The van der Waals surface area contributed by atoms with Gasteiger partial charge < -0.3 is 37.1 Å². The monoisotopic (exact) mass is 936 g/mol. The fourth-order valence-electron chi connectivity index (χ4n) is 8.37. The molecule has 342 valence electrons. The fourth-order valence-corrected chi connectivity index (χ4v) is 8.77. The average molecular weight is 938 g/mol. The molecule has 0 bridgehead atoms. The number of rotatable bonds is 9. The summed E-state index contributed by atoms with van der Waals surface area (Å²) < 4.78 is 5.36. The molecule has 2 fully saturated rings. The highest BCUT2D eigenvalue weighted by molar-refractivity contribution is 6.74. The molecule has 4 aliphatic rings. The summed E-state index contributed by atoms with van der Waals surface area (Å²) in [5.41, 5.74) is 11.3. The van der Waals surface area contributed by atoms with E-state index < -0.39 is 26.0 Å². The summed E-state index contributed by atoms with van der Waals surface area (Å²) in [5, 5.41) is 16.2. The molecule has 7 N–H and O–H groups in total. The Morgan fingerprint density at radius 3 is 1.68 bits per heavy atom. The van der Waals surface area contributed by atoms with Crippen molar-refractivity contribution in [3.8, 4) is 0 Å². The third-order valence-electron chi connectivity index (χ3n) is 11.3. The molecule has 6 atom stereocenters. The highest BCUT2D eigenvalue weighted by Gasteiger charge is 2.36. The molecular weight excluding hydrogens is 880 g/mol. The number of aromatic nitrogens is 4. The van der Waals surface area contributed by atoms with Crippen LogP contribution < -0.4 is 32.3 Å². The molecule has 65 heavy (non-hydrogen) atoms. The van der Waals surface area contributed by atoms with Gasteiger partial charge in [-0.1, -0.05) is 116 Å². The molecule has 3 amide bonds. The van der Waals surface area contributed by atoms with Gasteiger partial charge in [-0.3, -0.25) is 9.59 Å². The molecule has 2 saturated carbocycles. The van der Waals surface area contributed by atoms with Gasteiger partial charge >= 0.3 is 6.09 Å². The number of carbonyl (C=O) groups is 3. The van der Waals surface area contributed by atoms with E-state index in [9.17, 15) is 14.4 Å². The first-order valence-corrected chi connectivity index (χ1v) is 27.0. The predicted molar refractivity (Wildman–Crippen MR) is 260 cm³/mol. The second kappa shape index (κ2) is 21.6. The molecule has 3 aromatic carbocycles. The minimum absolute atomic E-state index is 0.0104. The van der Waals surface area contributed by atoms with E-state index in [4.69, 9.17) is 33.7 Å². The van der Waals surface area contributed by atoms with Crippen LogP contribution in [0.5, 0.6) is 0 Å². The second-order valence-electron chi connectivity index (χ2n) is 18.6. The highest BCUT2D eigenvalue weighted by Crippen LogP contribution is 2.40. The Balaban J connectivity index is 0.000000183. The summed E-state index contributed by atoms with van der Waals surface area (Å²) in [5.74, 6) is -0.459. The number of hydrogen-bond acceptors (Lipinski definition) is 11. The van der Waals surface area contributed by atoms with E-state index in [0.717, 1.165) is 73.0 Å². The lowest BCUT2D eigenvalue weighted by Gasteiger charge is -2.30. The number of amides is 3. The van der Waals surface area contributed by atoms with Gasteiger partial charge in [-0.2, -0.15) is 0 Å². The highest BCUT2D eigenvalue weighted by atomic mass is 35.5. The molecule has 0 spiro atoms. The zero-order valence-corrected chi connectivity index (χ0v) is 39.8. The van der Waals surface area contributed by atoms with Gasteiger partial charge in [0.25, 0.3) is 0 Å². The number of nitrogens with two attached hydrogens (primary N) is 1. The number of carbonyl (C=O) groups excluding carboxylic acids is 3. The zero-order chi connectivity index (χ0) is 46.1. The van der Waals surface area contributed by atoms with Gasteiger partial charge in [0.1, 0.15) is 18.4 Å². The van der Waals surface area contributed by atoms with E-state index in [1.54, 1.807) is 6.20 Å². The summed E-state index contributed by atoms with van der Waals surface area (Å²) in [7, 11) is -0.611. The number of halogens is 2. The van der Waals surface area contributed by atoms with E-state index >= 15 is 0 Å². The summed E-state index contributed by atoms with van der Waals surface area (Å²) >= 11 is 12.7. The summed E-state index contributed by atoms with van der Waals surface area (Å²) in [6, 6.07) is 25.2. The standard InChI is InChI=1S/C26H26ClN5O3.C18H20ClN5O.C4H12Si/c27-20-14-28-25(32-23(20)22-19-11-4-5-12-21(19)31-24(22)33)29-17-9-6-10-18(13-17)30-26(34)35-15-16-7-2-1-3-8-16;19-13-9-21-18(22-11-5-3-4-10(20)8-11)24-16(13)15-12-6-1-2-7-14(12)23-17(15)25;1-5(2,3)4/h1-5,7-8,11-12,14,17-18,22H,6,9-10,13,15H2,(H,30,34)(H,31,33)(H,28,29,32);1-2,6-7,9-11,15H,3-5,8,20H2,(H,23,25)(H,21,22,24);1-4H3/t17-,18+,22?;10-,11+,15?;/m10./s1. The van der Waals surface area contributed by atoms with Gasteiger partial charge in [0.2, 0.25) is 23.7 Å². The van der Waals surface area contributed by atoms with Crippen LogP contribution >= 0.6 is 23.2 Å². The number of ether oxygens (including phenoxy) is 1. The van der Waals surface area contributed by atoms with Crippen molar-refractivity contribution in [1.29, 1.82) is 0 Å². The first-order valence-electron chi connectivity index (χ1n) is 22.3. The molecule has 0 saturated heterocycles. The maximum Gasteiger partial charge on any atom is 0.407 e. The Morgan fingerprint density at radius 1 is 0.692 bits per heavy atom. The minimum Gasteiger partial charge on any atom is -0.445 e. The van der Waals surface area contributed by atoms with Gasteiger partial charge in [-0.15, -0.1) is 0 Å². The van der Waals surface area contributed by atoms with E-state index in [2.05, 4.69) is 72.7 Å². The van der Waals surface area contributed by atoms with Crippen LogP contribution in [0.25, 0.3) is 0 Å². The molecule has 2 aliphatic heterocycles. The maximum atomic E-state index is 12.7. The number of nitrogens with zero attached hydrogens (tertiary/aromatic N) is 4. The Kier molecular flexibility index (Phi) is 15.7. The molecule has 5 aromatic rings. The fraction of sp³-hybridized carbons (Fsp3) is 0.396. The zero-order valence-electron chi connectivity index (χ0n) is 37.2. The lowest BCUT2D eigenvalue weighted by molar-refractivity contribution is -0.117. The maximum absolute atomic E-state index is 12.7. The number of nitrogens with one attached hydrogen (secondary N) is 5. The minimum atomic E-state index is -0.611. The van der Waals surface area contributed by atoms with Crippen molar-refractivity contribution in [2.75, 3.05) is 21.3 Å². The quantitative estimate of drug-likeness (QED) is 0.0770. The molecular formula is C48H58Cl2N10O4Si. The Labute approximate surface area is 391 Å². The van der Waals surface area contributed by atoms with Crippen LogP contribution in [0, 0.1) is 0 Å². The molecule has 14 nitrogen and oxygen atoms in total. The van der Waals surface area contributed by atoms with Gasteiger partial charge in [0.05, 0.1) is 33.8 Å². The molecule has 0 radical (unpaired) electrons. The van der Waals surface area contributed by atoms with Crippen LogP contribution in [0.15, 0.2) is 91.3 Å². The summed E-state index contributed by atoms with van der Waals surface area (Å²) in [6.07, 6.45) is 10.2. The van der Waals surface area contributed by atoms with Crippen molar-refractivity contribution >= 4 is 72.5 Å². The summed E-state index contributed by atoms with van der Waals surface area (Å²) in [4.78, 5) is 55.2.